The Hall–Kier alpha value is -2.17. The van der Waals surface area contributed by atoms with Crippen LogP contribution in [0.25, 0.3) is 0 Å². The summed E-state index contributed by atoms with van der Waals surface area (Å²) < 4.78 is 27.8. The van der Waals surface area contributed by atoms with Crippen molar-refractivity contribution in [1.29, 1.82) is 0 Å². The second kappa shape index (κ2) is 4.01. The van der Waals surface area contributed by atoms with Crippen molar-refractivity contribution in [2.45, 2.75) is 5.92 Å². The van der Waals surface area contributed by atoms with E-state index in [1.54, 1.807) is 0 Å². The summed E-state index contributed by atoms with van der Waals surface area (Å²) in [5.41, 5.74) is -0.402. The standard InChI is InChI=1S/C12H9F2NO2/c13-12(14,10-5-6-15-7-10)9-3-1-8(2-4-9)11(16)17/h1-7,15H,(H,16,17). The topological polar surface area (TPSA) is 53.1 Å². The van der Waals surface area contributed by atoms with Gasteiger partial charge in [0.25, 0.3) is 5.92 Å². The lowest BCUT2D eigenvalue weighted by Gasteiger charge is -2.15. The van der Waals surface area contributed by atoms with Gasteiger partial charge in [0.05, 0.1) is 5.56 Å². The zero-order valence-corrected chi connectivity index (χ0v) is 8.65. The zero-order valence-electron chi connectivity index (χ0n) is 8.65. The summed E-state index contributed by atoms with van der Waals surface area (Å²) in [4.78, 5) is 13.2. The zero-order chi connectivity index (χ0) is 12.5. The number of hydrogen-bond donors (Lipinski definition) is 2. The Morgan fingerprint density at radius 2 is 1.76 bits per heavy atom. The molecular weight excluding hydrogens is 228 g/mol. The van der Waals surface area contributed by atoms with E-state index in [9.17, 15) is 13.6 Å². The maximum absolute atomic E-state index is 13.9. The van der Waals surface area contributed by atoms with Gasteiger partial charge >= 0.3 is 5.97 Å². The van der Waals surface area contributed by atoms with Gasteiger partial charge in [0.2, 0.25) is 0 Å². The fourth-order valence-corrected chi connectivity index (χ4v) is 1.51. The Morgan fingerprint density at radius 1 is 1.12 bits per heavy atom. The van der Waals surface area contributed by atoms with E-state index < -0.39 is 11.9 Å². The molecule has 0 spiro atoms. The summed E-state index contributed by atoms with van der Waals surface area (Å²) >= 11 is 0. The Bertz CT molecular complexity index is 518. The summed E-state index contributed by atoms with van der Waals surface area (Å²) in [5, 5.41) is 8.67. The maximum atomic E-state index is 13.9. The van der Waals surface area contributed by atoms with Crippen molar-refractivity contribution >= 4 is 5.97 Å². The number of aromatic nitrogens is 1. The van der Waals surface area contributed by atoms with E-state index in [0.717, 1.165) is 24.3 Å². The molecule has 0 aliphatic heterocycles. The van der Waals surface area contributed by atoms with Crippen molar-refractivity contribution in [2.75, 3.05) is 0 Å². The predicted octanol–water partition coefficient (Wildman–Crippen LogP) is 2.85. The van der Waals surface area contributed by atoms with Gasteiger partial charge in [-0.25, -0.2) is 4.79 Å². The van der Waals surface area contributed by atoms with Crippen LogP contribution in [-0.2, 0) is 5.92 Å². The molecule has 0 radical (unpaired) electrons. The summed E-state index contributed by atoms with van der Waals surface area (Å²) in [5.74, 6) is -4.27. The molecular formula is C12H9F2NO2. The molecule has 1 aromatic carbocycles. The molecule has 0 saturated carbocycles. The molecule has 0 saturated heterocycles. The monoisotopic (exact) mass is 237 g/mol. The number of H-pyrrole nitrogens is 1. The molecule has 0 bridgehead atoms. The minimum absolute atomic E-state index is 0.0152. The van der Waals surface area contributed by atoms with E-state index >= 15 is 0 Å². The number of aromatic amines is 1. The van der Waals surface area contributed by atoms with Gasteiger partial charge in [0, 0.05) is 23.5 Å². The average molecular weight is 237 g/mol. The van der Waals surface area contributed by atoms with E-state index in [2.05, 4.69) is 4.98 Å². The van der Waals surface area contributed by atoms with Crippen molar-refractivity contribution in [2.24, 2.45) is 0 Å². The molecule has 2 rings (SSSR count). The fourth-order valence-electron chi connectivity index (χ4n) is 1.51. The lowest BCUT2D eigenvalue weighted by molar-refractivity contribution is 0.0428. The SMILES string of the molecule is O=C(O)c1ccc(C(F)(F)c2cc[nH]c2)cc1. The summed E-state index contributed by atoms with van der Waals surface area (Å²) in [6.45, 7) is 0. The van der Waals surface area contributed by atoms with Crippen molar-refractivity contribution in [3.63, 3.8) is 0 Å². The lowest BCUT2D eigenvalue weighted by atomic mass is 10.0. The minimum atomic E-state index is -3.13. The number of alkyl halides is 2. The highest BCUT2D eigenvalue weighted by atomic mass is 19.3. The van der Waals surface area contributed by atoms with Crippen molar-refractivity contribution in [1.82, 2.24) is 4.98 Å². The lowest BCUT2D eigenvalue weighted by Crippen LogP contribution is -2.14. The molecule has 88 valence electrons. The quantitative estimate of drug-likeness (QED) is 0.862. The number of carbonyl (C=O) groups is 1. The molecule has 17 heavy (non-hydrogen) atoms. The number of carboxylic acids is 1. The number of aromatic carboxylic acids is 1. The Labute approximate surface area is 95.7 Å². The van der Waals surface area contributed by atoms with Gasteiger partial charge in [-0.15, -0.1) is 0 Å². The van der Waals surface area contributed by atoms with E-state index in [1.807, 2.05) is 0 Å². The number of rotatable bonds is 3. The molecule has 0 unspecified atom stereocenters. The molecule has 1 heterocycles. The second-order valence-corrected chi connectivity index (χ2v) is 3.56. The first-order valence-electron chi connectivity index (χ1n) is 4.87. The smallest absolute Gasteiger partial charge is 0.335 e. The first kappa shape index (κ1) is 11.3. The Balaban J connectivity index is 2.37. The predicted molar refractivity (Wildman–Crippen MR) is 57.2 cm³/mol. The normalized spacial score (nSPS) is 11.4. The van der Waals surface area contributed by atoms with Crippen LogP contribution in [-0.4, -0.2) is 16.1 Å². The van der Waals surface area contributed by atoms with Crippen molar-refractivity contribution < 1.29 is 18.7 Å². The molecule has 2 N–H and O–H groups in total. The Morgan fingerprint density at radius 3 is 2.24 bits per heavy atom. The molecule has 0 aliphatic rings. The van der Waals surface area contributed by atoms with Gasteiger partial charge in [0.1, 0.15) is 0 Å². The first-order chi connectivity index (χ1) is 8.01. The largest absolute Gasteiger partial charge is 0.478 e. The number of hydrogen-bond acceptors (Lipinski definition) is 1. The second-order valence-electron chi connectivity index (χ2n) is 3.56. The third-order valence-corrected chi connectivity index (χ3v) is 2.45. The molecule has 2 aromatic rings. The highest BCUT2D eigenvalue weighted by molar-refractivity contribution is 5.87. The van der Waals surface area contributed by atoms with Crippen molar-refractivity contribution in [3.05, 3.63) is 59.4 Å². The summed E-state index contributed by atoms with van der Waals surface area (Å²) in [6, 6.07) is 5.86. The van der Waals surface area contributed by atoms with Gasteiger partial charge in [-0.2, -0.15) is 8.78 Å². The van der Waals surface area contributed by atoms with Gasteiger partial charge < -0.3 is 10.1 Å². The van der Waals surface area contributed by atoms with E-state index in [4.69, 9.17) is 5.11 Å². The maximum Gasteiger partial charge on any atom is 0.335 e. The van der Waals surface area contributed by atoms with Crippen LogP contribution >= 0.6 is 0 Å². The highest BCUT2D eigenvalue weighted by Gasteiger charge is 2.34. The molecule has 3 nitrogen and oxygen atoms in total. The number of benzene rings is 1. The van der Waals surface area contributed by atoms with E-state index in [1.165, 1.54) is 18.5 Å². The number of nitrogens with one attached hydrogen (secondary N) is 1. The highest BCUT2D eigenvalue weighted by Crippen LogP contribution is 2.35. The molecule has 0 aliphatic carbocycles. The van der Waals surface area contributed by atoms with Crippen LogP contribution in [0.4, 0.5) is 8.78 Å². The van der Waals surface area contributed by atoms with Gasteiger partial charge in [-0.3, -0.25) is 0 Å². The van der Waals surface area contributed by atoms with Crippen LogP contribution in [0.3, 0.4) is 0 Å². The van der Waals surface area contributed by atoms with Crippen LogP contribution in [0.2, 0.25) is 0 Å². The fraction of sp³-hybridized carbons (Fsp3) is 0.0833. The Kier molecular flexibility index (Phi) is 2.67. The van der Waals surface area contributed by atoms with Crippen LogP contribution in [0.5, 0.6) is 0 Å². The van der Waals surface area contributed by atoms with Crippen LogP contribution in [0.15, 0.2) is 42.7 Å². The summed E-state index contributed by atoms with van der Waals surface area (Å²) in [6.07, 6.45) is 2.62. The first-order valence-corrected chi connectivity index (χ1v) is 4.87. The molecule has 0 atom stereocenters. The van der Waals surface area contributed by atoms with Crippen LogP contribution in [0.1, 0.15) is 21.5 Å². The molecule has 0 amide bonds. The van der Waals surface area contributed by atoms with Crippen LogP contribution in [0, 0.1) is 0 Å². The van der Waals surface area contributed by atoms with E-state index in [0.29, 0.717) is 0 Å². The average Bonchev–Trinajstić information content (AvgIpc) is 2.83. The van der Waals surface area contributed by atoms with Gasteiger partial charge in [0.15, 0.2) is 0 Å². The van der Waals surface area contributed by atoms with Gasteiger partial charge in [-0.1, -0.05) is 12.1 Å². The third-order valence-electron chi connectivity index (χ3n) is 2.45. The van der Waals surface area contributed by atoms with Crippen LogP contribution < -0.4 is 0 Å². The van der Waals surface area contributed by atoms with Gasteiger partial charge in [-0.05, 0) is 18.2 Å². The van der Waals surface area contributed by atoms with Crippen molar-refractivity contribution in [3.8, 4) is 0 Å². The van der Waals surface area contributed by atoms with E-state index in [-0.39, 0.29) is 16.7 Å². The molecule has 1 aromatic heterocycles. The summed E-state index contributed by atoms with van der Waals surface area (Å²) in [7, 11) is 0. The third kappa shape index (κ3) is 2.04. The molecule has 5 heteroatoms. The number of carboxylic acid groups (broad SMARTS) is 1. The molecule has 0 fully saturated rings. The number of halogens is 2. The minimum Gasteiger partial charge on any atom is -0.478 e.